The van der Waals surface area contributed by atoms with Crippen LogP contribution < -0.4 is 0 Å². The number of unbranched alkanes of at least 4 members (excludes halogenated alkanes) is 1. The van der Waals surface area contributed by atoms with Gasteiger partial charge in [0.25, 0.3) is 0 Å². The summed E-state index contributed by atoms with van der Waals surface area (Å²) in [5, 5.41) is 0. The first-order chi connectivity index (χ1) is 12.5. The van der Waals surface area contributed by atoms with Crippen molar-refractivity contribution in [2.75, 3.05) is 0 Å². The van der Waals surface area contributed by atoms with Gasteiger partial charge in [0, 0.05) is 0 Å². The van der Waals surface area contributed by atoms with Crippen molar-refractivity contribution in [2.24, 2.45) is 47.3 Å². The zero-order valence-corrected chi connectivity index (χ0v) is 18.7. The van der Waals surface area contributed by atoms with E-state index in [1.54, 1.807) is 0 Å². The monoisotopic (exact) mass is 358 g/mol. The van der Waals surface area contributed by atoms with Crippen LogP contribution in [0, 0.1) is 47.3 Å². The summed E-state index contributed by atoms with van der Waals surface area (Å²) in [7, 11) is 6.17. The van der Waals surface area contributed by atoms with Gasteiger partial charge in [-0.2, -0.15) is 0 Å². The van der Waals surface area contributed by atoms with Gasteiger partial charge in [-0.05, 0) is 66.6 Å². The van der Waals surface area contributed by atoms with Crippen LogP contribution in [0.2, 0.25) is 6.32 Å². The van der Waals surface area contributed by atoms with E-state index in [4.69, 9.17) is 7.85 Å². The van der Waals surface area contributed by atoms with Crippen LogP contribution in [0.15, 0.2) is 0 Å². The van der Waals surface area contributed by atoms with Gasteiger partial charge < -0.3 is 0 Å². The minimum Gasteiger partial charge on any atom is -0.0859 e. The van der Waals surface area contributed by atoms with Gasteiger partial charge in [0.2, 0.25) is 0 Å². The molecule has 6 unspecified atom stereocenters. The van der Waals surface area contributed by atoms with E-state index in [1.165, 1.54) is 70.6 Å². The summed E-state index contributed by atoms with van der Waals surface area (Å²) in [4.78, 5) is 0. The Morgan fingerprint density at radius 1 is 0.923 bits per heavy atom. The molecule has 2 aliphatic rings. The van der Waals surface area contributed by atoms with Gasteiger partial charge in [0.1, 0.15) is 0 Å². The topological polar surface area (TPSA) is 0 Å². The summed E-state index contributed by atoms with van der Waals surface area (Å²) >= 11 is 0. The molecule has 2 fully saturated rings. The number of hydrogen-bond acceptors (Lipinski definition) is 0. The number of rotatable bonds is 9. The van der Waals surface area contributed by atoms with E-state index in [-0.39, 0.29) is 0 Å². The maximum Gasteiger partial charge on any atom is 0.0656 e. The number of hydrogen-bond donors (Lipinski definition) is 0. The minimum atomic E-state index is 0.768. The van der Waals surface area contributed by atoms with Crippen molar-refractivity contribution in [3.05, 3.63) is 0 Å². The van der Waals surface area contributed by atoms with Crippen molar-refractivity contribution < 1.29 is 0 Å². The summed E-state index contributed by atoms with van der Waals surface area (Å²) in [6.07, 6.45) is 16.7. The van der Waals surface area contributed by atoms with Crippen LogP contribution >= 0.6 is 0 Å². The molecule has 0 spiro atoms. The molecule has 150 valence electrons. The zero-order valence-electron chi connectivity index (χ0n) is 18.7. The normalized spacial score (nSPS) is 39.7. The molecular formula is C25H47B. The van der Waals surface area contributed by atoms with Gasteiger partial charge in [-0.15, -0.1) is 0 Å². The quantitative estimate of drug-likeness (QED) is 0.367. The van der Waals surface area contributed by atoms with E-state index in [0.29, 0.717) is 0 Å². The maximum absolute atomic E-state index is 6.17. The lowest BCUT2D eigenvalue weighted by molar-refractivity contribution is 0.0256. The van der Waals surface area contributed by atoms with Gasteiger partial charge in [0.15, 0.2) is 0 Å². The molecule has 2 radical (unpaired) electrons. The molecule has 6 atom stereocenters. The molecule has 0 aromatic heterocycles. The summed E-state index contributed by atoms with van der Waals surface area (Å²) in [6, 6.07) is 0. The minimum absolute atomic E-state index is 0.768. The Morgan fingerprint density at radius 2 is 1.58 bits per heavy atom. The molecule has 2 aliphatic carbocycles. The van der Waals surface area contributed by atoms with E-state index in [1.807, 2.05) is 0 Å². The molecule has 0 aromatic carbocycles. The Hall–Kier alpha value is 0.0649. The molecule has 2 saturated carbocycles. The van der Waals surface area contributed by atoms with Crippen molar-refractivity contribution in [3.63, 3.8) is 0 Å². The van der Waals surface area contributed by atoms with E-state index in [2.05, 4.69) is 34.6 Å². The van der Waals surface area contributed by atoms with Crippen LogP contribution in [0.25, 0.3) is 0 Å². The van der Waals surface area contributed by atoms with E-state index in [0.717, 1.165) is 53.7 Å². The highest BCUT2D eigenvalue weighted by atomic mass is 14.5. The van der Waals surface area contributed by atoms with E-state index >= 15 is 0 Å². The van der Waals surface area contributed by atoms with Gasteiger partial charge in [-0.3, -0.25) is 0 Å². The molecule has 1 heteroatoms. The summed E-state index contributed by atoms with van der Waals surface area (Å²) in [5.74, 6) is 7.44. The van der Waals surface area contributed by atoms with Crippen LogP contribution in [-0.2, 0) is 0 Å². The first-order valence-electron chi connectivity index (χ1n) is 12.2. The summed E-state index contributed by atoms with van der Waals surface area (Å²) in [5.41, 5.74) is 0. The molecule has 2 rings (SSSR count). The highest BCUT2D eigenvalue weighted by Gasteiger charge is 2.40. The summed E-state index contributed by atoms with van der Waals surface area (Å²) in [6.45, 7) is 12.4. The molecule has 0 bridgehead atoms. The molecule has 0 amide bonds. The van der Waals surface area contributed by atoms with Gasteiger partial charge in [-0.25, -0.2) is 0 Å². The molecule has 0 aliphatic heterocycles. The maximum atomic E-state index is 6.17. The fourth-order valence-electron chi connectivity index (χ4n) is 6.61. The van der Waals surface area contributed by atoms with Crippen LogP contribution in [0.3, 0.4) is 0 Å². The van der Waals surface area contributed by atoms with Gasteiger partial charge in [-0.1, -0.05) is 92.3 Å². The van der Waals surface area contributed by atoms with Crippen LogP contribution in [-0.4, -0.2) is 7.85 Å². The Bertz CT molecular complexity index is 352. The largest absolute Gasteiger partial charge is 0.0859 e. The second kappa shape index (κ2) is 11.2. The van der Waals surface area contributed by atoms with Crippen LogP contribution in [0.5, 0.6) is 0 Å². The smallest absolute Gasteiger partial charge is 0.0656 e. The average Bonchev–Trinajstić information content (AvgIpc) is 2.64. The van der Waals surface area contributed by atoms with Crippen molar-refractivity contribution in [2.45, 2.75) is 112 Å². The third-order valence-electron chi connectivity index (χ3n) is 8.62. The average molecular weight is 358 g/mol. The first kappa shape index (κ1) is 22.4. The fraction of sp³-hybridized carbons (Fsp3) is 1.00. The molecule has 0 saturated heterocycles. The second-order valence-electron chi connectivity index (χ2n) is 10.4. The molecule has 26 heavy (non-hydrogen) atoms. The highest BCUT2D eigenvalue weighted by Crippen LogP contribution is 2.49. The van der Waals surface area contributed by atoms with E-state index in [9.17, 15) is 0 Å². The molecule has 0 heterocycles. The Balaban J connectivity index is 1.99. The summed E-state index contributed by atoms with van der Waals surface area (Å²) < 4.78 is 0. The van der Waals surface area contributed by atoms with Crippen LogP contribution in [0.4, 0.5) is 0 Å². The Kier molecular flexibility index (Phi) is 9.60. The lowest BCUT2D eigenvalue weighted by atomic mass is 9.58. The van der Waals surface area contributed by atoms with E-state index < -0.39 is 0 Å². The van der Waals surface area contributed by atoms with Crippen LogP contribution in [0.1, 0.15) is 105 Å². The molecular weight excluding hydrogens is 311 g/mol. The van der Waals surface area contributed by atoms with Crippen molar-refractivity contribution in [1.29, 1.82) is 0 Å². The highest BCUT2D eigenvalue weighted by molar-refractivity contribution is 6.08. The van der Waals surface area contributed by atoms with Gasteiger partial charge >= 0.3 is 0 Å². The van der Waals surface area contributed by atoms with Crippen molar-refractivity contribution in [1.82, 2.24) is 0 Å². The fourth-order valence-corrected chi connectivity index (χ4v) is 6.61. The van der Waals surface area contributed by atoms with Crippen molar-refractivity contribution >= 4 is 7.85 Å². The lowest BCUT2D eigenvalue weighted by Crippen LogP contribution is -2.39. The predicted molar refractivity (Wildman–Crippen MR) is 118 cm³/mol. The molecule has 0 aromatic rings. The Labute approximate surface area is 167 Å². The molecule has 0 N–H and O–H groups in total. The Morgan fingerprint density at radius 3 is 2.15 bits per heavy atom. The van der Waals surface area contributed by atoms with Crippen molar-refractivity contribution in [3.8, 4) is 0 Å². The first-order valence-corrected chi connectivity index (χ1v) is 12.2. The lowest BCUT2D eigenvalue weighted by Gasteiger charge is -2.47. The second-order valence-corrected chi connectivity index (χ2v) is 10.4. The standard InChI is InChI=1S/C25H47B/c1-6-8-9-22(17-26)15-24-16-23(19(4)25(7-2)20(24)5)14-21-12-10-18(3)11-13-21/h18-25H,6-17H2,1-5H3. The third kappa shape index (κ3) is 6.03. The molecule has 0 nitrogen and oxygen atoms in total. The predicted octanol–water partition coefficient (Wildman–Crippen LogP) is 7.92. The zero-order chi connectivity index (χ0) is 19.1. The van der Waals surface area contributed by atoms with Gasteiger partial charge in [0.05, 0.1) is 7.85 Å². The third-order valence-corrected chi connectivity index (χ3v) is 8.62. The SMILES string of the molecule is [B]CC(CCCC)CC1CC(CC2CCC(C)CC2)C(C)C(CC)C1C.